The molecule has 0 radical (unpaired) electrons. The fraction of sp³-hybridized carbons (Fsp3) is 0.625. The van der Waals surface area contributed by atoms with Crippen LogP contribution in [0, 0.1) is 11.8 Å². The first-order valence-electron chi connectivity index (χ1n) is 20.3. The standard InChI is InChI=1S/C40H52FN6O8PS3/c1-23(2)15-34(48)57-14-13-54-56(53)40(41,33(55-56)21-58-35(49)16-24(3)4)27-9-12-31-25(17-27)18-32(59-31)37(50)43-29-8-6-7-28-10-11-30(47(28)38(29)51)39(52)46-19-26(20-46)36-44-42-22-45(36)5/h9,12,17-18,22-24,26,28-30,33H,6-8,10-11,13-16,19-21H2,1-5H3,(H,43,50)/t28-,29-,30-,33?,40?,56?/m0/s1. The van der Waals surface area contributed by atoms with Gasteiger partial charge in [-0.2, -0.15) is 0 Å². The average molecular weight is 891 g/mol. The van der Waals surface area contributed by atoms with Crippen LogP contribution in [-0.2, 0) is 45.2 Å². The summed E-state index contributed by atoms with van der Waals surface area (Å²) in [5.41, 5.74) is 0.0367. The van der Waals surface area contributed by atoms with Crippen molar-refractivity contribution in [3.05, 3.63) is 46.9 Å². The molecule has 19 heteroatoms. The van der Waals surface area contributed by atoms with E-state index in [1.54, 1.807) is 28.3 Å². The number of hydrogen-bond acceptors (Lipinski definition) is 13. The van der Waals surface area contributed by atoms with Crippen LogP contribution >= 0.6 is 42.5 Å². The summed E-state index contributed by atoms with van der Waals surface area (Å²) in [5, 5.41) is 8.84. The molecule has 7 rings (SSSR count). The van der Waals surface area contributed by atoms with Crippen LogP contribution in [0.4, 0.5) is 4.39 Å². The van der Waals surface area contributed by atoms with E-state index < -0.39 is 37.1 Å². The number of aryl methyl sites for hydroxylation is 1. The molecule has 3 aromatic rings. The lowest BCUT2D eigenvalue weighted by Crippen LogP contribution is -2.58. The maximum Gasteiger partial charge on any atom is 0.375 e. The molecular weight excluding hydrogens is 839 g/mol. The van der Waals surface area contributed by atoms with Crippen molar-refractivity contribution in [2.24, 2.45) is 18.9 Å². The van der Waals surface area contributed by atoms with Gasteiger partial charge in [0.25, 0.3) is 11.3 Å². The molecule has 4 aliphatic heterocycles. The maximum atomic E-state index is 17.4. The van der Waals surface area contributed by atoms with Gasteiger partial charge >= 0.3 is 7.60 Å². The summed E-state index contributed by atoms with van der Waals surface area (Å²) in [6.07, 6.45) is 4.27. The number of nitrogens with one attached hydrogen (secondary N) is 1. The molecular formula is C40H52FN6O8PS3. The third kappa shape index (κ3) is 9.09. The molecule has 3 amide bonds. The minimum Gasteiger partial charge on any atom is -0.340 e. The van der Waals surface area contributed by atoms with E-state index in [-0.39, 0.29) is 69.5 Å². The number of carbonyl (C=O) groups excluding carboxylic acids is 5. The summed E-state index contributed by atoms with van der Waals surface area (Å²) in [6, 6.07) is 4.83. The number of hydrogen-bond donors (Lipinski definition) is 1. The van der Waals surface area contributed by atoms with Crippen LogP contribution in [0.2, 0.25) is 0 Å². The number of thioether (sulfide) groups is 2. The van der Waals surface area contributed by atoms with Gasteiger partial charge in [-0.3, -0.25) is 33.1 Å². The number of likely N-dealkylation sites (tertiary alicyclic amines) is 1. The molecule has 1 aromatic carbocycles. The SMILES string of the molecule is CC(C)CC(=O)SCCOP1(=O)OC(CSC(=O)CC(C)C)C1(F)c1ccc2sc(C(=O)N[C@H]3CCC[C@H]4CC[C@@H](C(=O)N5CC(c6nncn6C)C5)N4C3=O)cc2c1. The van der Waals surface area contributed by atoms with Crippen molar-refractivity contribution < 1.29 is 42.0 Å². The van der Waals surface area contributed by atoms with Crippen LogP contribution in [0.25, 0.3) is 10.1 Å². The van der Waals surface area contributed by atoms with Gasteiger partial charge < -0.3 is 24.2 Å². The normalized spacial score (nSPS) is 27.2. The summed E-state index contributed by atoms with van der Waals surface area (Å²) in [4.78, 5) is 70.2. The van der Waals surface area contributed by atoms with Gasteiger partial charge in [0.1, 0.15) is 30.3 Å². The molecule has 6 heterocycles. The lowest BCUT2D eigenvalue weighted by Gasteiger charge is -2.47. The molecule has 59 heavy (non-hydrogen) atoms. The topological polar surface area (TPSA) is 170 Å². The van der Waals surface area contributed by atoms with E-state index in [0.717, 1.165) is 42.2 Å². The summed E-state index contributed by atoms with van der Waals surface area (Å²) in [6.45, 7) is 8.55. The predicted octanol–water partition coefficient (Wildman–Crippen LogP) is 6.64. The number of fused-ring (bicyclic) bond motifs is 2. The van der Waals surface area contributed by atoms with E-state index in [0.29, 0.717) is 60.2 Å². The Morgan fingerprint density at radius 2 is 1.78 bits per heavy atom. The summed E-state index contributed by atoms with van der Waals surface area (Å²) in [7, 11) is -2.53. The lowest BCUT2D eigenvalue weighted by atomic mass is 9.97. The quantitative estimate of drug-likeness (QED) is 0.128. The molecule has 3 unspecified atom stereocenters. The highest BCUT2D eigenvalue weighted by atomic mass is 32.2. The molecule has 0 aliphatic carbocycles. The largest absolute Gasteiger partial charge is 0.375 e. The molecule has 4 fully saturated rings. The maximum absolute atomic E-state index is 17.4. The van der Waals surface area contributed by atoms with E-state index in [4.69, 9.17) is 9.05 Å². The first-order valence-corrected chi connectivity index (χ1v) is 24.6. The van der Waals surface area contributed by atoms with Crippen molar-refractivity contribution >= 4 is 80.5 Å². The molecule has 4 aliphatic rings. The van der Waals surface area contributed by atoms with E-state index >= 15 is 4.39 Å². The Kier molecular flexibility index (Phi) is 13.4. The Morgan fingerprint density at radius 1 is 1.05 bits per heavy atom. The highest BCUT2D eigenvalue weighted by Gasteiger charge is 2.70. The van der Waals surface area contributed by atoms with E-state index in [1.807, 2.05) is 39.3 Å². The van der Waals surface area contributed by atoms with Crippen LogP contribution in [0.15, 0.2) is 30.6 Å². The van der Waals surface area contributed by atoms with E-state index in [9.17, 15) is 28.5 Å². The van der Waals surface area contributed by atoms with Crippen molar-refractivity contribution in [3.63, 3.8) is 0 Å². The number of aromatic nitrogens is 3. The van der Waals surface area contributed by atoms with Crippen molar-refractivity contribution in [1.29, 1.82) is 0 Å². The highest BCUT2D eigenvalue weighted by molar-refractivity contribution is 8.13. The van der Waals surface area contributed by atoms with Gasteiger partial charge in [0.15, 0.2) is 10.2 Å². The van der Waals surface area contributed by atoms with Gasteiger partial charge in [-0.25, -0.2) is 4.39 Å². The van der Waals surface area contributed by atoms with Gasteiger partial charge in [0.05, 0.1) is 17.4 Å². The Labute approximate surface area is 356 Å². The fourth-order valence-electron chi connectivity index (χ4n) is 8.35. The van der Waals surface area contributed by atoms with Gasteiger partial charge in [0, 0.05) is 60.8 Å². The molecule has 2 aromatic heterocycles. The molecule has 320 valence electrons. The van der Waals surface area contributed by atoms with E-state index in [2.05, 4.69) is 15.5 Å². The second-order valence-corrected chi connectivity index (χ2v) is 22.2. The van der Waals surface area contributed by atoms with Crippen LogP contribution in [-0.4, -0.2) is 108 Å². The Hall–Kier alpha value is -3.15. The molecule has 4 saturated heterocycles. The average Bonchev–Trinajstić information content (AvgIpc) is 3.88. The number of rotatable bonds is 15. The van der Waals surface area contributed by atoms with Crippen molar-refractivity contribution in [2.75, 3.05) is 31.2 Å². The lowest BCUT2D eigenvalue weighted by molar-refractivity contribution is -0.148. The minimum absolute atomic E-state index is 0.0367. The zero-order valence-electron chi connectivity index (χ0n) is 34.0. The van der Waals surface area contributed by atoms with Crippen LogP contribution in [0.5, 0.6) is 0 Å². The second-order valence-electron chi connectivity index (χ2n) is 16.8. The Balaban J connectivity index is 1.03. The Bertz CT molecular complexity index is 2140. The van der Waals surface area contributed by atoms with Gasteiger partial charge in [0.2, 0.25) is 11.8 Å². The Morgan fingerprint density at radius 3 is 2.47 bits per heavy atom. The number of carbonyl (C=O) groups is 5. The summed E-state index contributed by atoms with van der Waals surface area (Å²) in [5.74, 6) is 0.510. The van der Waals surface area contributed by atoms with Crippen LogP contribution < -0.4 is 5.32 Å². The van der Waals surface area contributed by atoms with Gasteiger partial charge in [-0.05, 0) is 67.5 Å². The third-order valence-electron chi connectivity index (χ3n) is 11.4. The first kappa shape index (κ1) is 43.9. The predicted molar refractivity (Wildman–Crippen MR) is 226 cm³/mol. The monoisotopic (exact) mass is 890 g/mol. The fourth-order valence-corrected chi connectivity index (χ4v) is 13.7. The highest BCUT2D eigenvalue weighted by Crippen LogP contribution is 2.77. The number of thiophene rings is 1. The van der Waals surface area contributed by atoms with Gasteiger partial charge in [-0.1, -0.05) is 57.3 Å². The summed E-state index contributed by atoms with van der Waals surface area (Å²) < 4.78 is 45.3. The van der Waals surface area contributed by atoms with Crippen molar-refractivity contribution in [1.82, 2.24) is 29.9 Å². The third-order valence-corrected chi connectivity index (χ3v) is 16.7. The molecule has 0 bridgehead atoms. The second kappa shape index (κ2) is 18.1. The zero-order chi connectivity index (χ0) is 42.2. The molecule has 0 saturated carbocycles. The smallest absolute Gasteiger partial charge is 0.340 e. The van der Waals surface area contributed by atoms with Crippen LogP contribution in [0.1, 0.15) is 99.6 Å². The minimum atomic E-state index is -4.40. The number of halogens is 1. The van der Waals surface area contributed by atoms with Crippen molar-refractivity contribution in [2.45, 2.75) is 108 Å². The van der Waals surface area contributed by atoms with Crippen LogP contribution in [0.3, 0.4) is 0 Å². The number of benzene rings is 1. The van der Waals surface area contributed by atoms with Crippen molar-refractivity contribution in [3.8, 4) is 0 Å². The van der Waals surface area contributed by atoms with E-state index in [1.165, 1.54) is 23.5 Å². The molecule has 6 atom stereocenters. The summed E-state index contributed by atoms with van der Waals surface area (Å²) >= 11 is 3.15. The molecule has 0 spiro atoms. The molecule has 14 nitrogen and oxygen atoms in total. The number of nitrogens with zero attached hydrogens (tertiary/aromatic N) is 5. The number of alkyl halides is 1. The molecule has 1 N–H and O–H groups in total. The zero-order valence-corrected chi connectivity index (χ0v) is 37.3. The first-order chi connectivity index (χ1) is 28.1. The van der Waals surface area contributed by atoms with Gasteiger partial charge in [-0.15, -0.1) is 21.5 Å². The number of amides is 3.